The summed E-state index contributed by atoms with van der Waals surface area (Å²) < 4.78 is 1.03. The number of rotatable bonds is 2. The van der Waals surface area contributed by atoms with Gasteiger partial charge in [-0.15, -0.1) is 0 Å². The van der Waals surface area contributed by atoms with Crippen LogP contribution >= 0.6 is 0 Å². The first kappa shape index (κ1) is 7.77. The summed E-state index contributed by atoms with van der Waals surface area (Å²) in [5.74, 6) is 0.361. The molecular formula is C6H8OZn. The van der Waals surface area contributed by atoms with E-state index in [1.165, 1.54) is 0 Å². The molecule has 0 aliphatic rings. The average molecular weight is 162 g/mol. The molecule has 0 saturated heterocycles. The van der Waals surface area contributed by atoms with Crippen molar-refractivity contribution in [2.45, 2.75) is 6.92 Å². The average Bonchev–Trinajstić information content (AvgIpc) is 1.67. The van der Waals surface area contributed by atoms with Crippen molar-refractivity contribution in [2.24, 2.45) is 0 Å². The third-order valence-electron chi connectivity index (χ3n) is 0.713. The maximum atomic E-state index is 8.91. The summed E-state index contributed by atoms with van der Waals surface area (Å²) in [5, 5.41) is 8.91. The van der Waals surface area contributed by atoms with Gasteiger partial charge in [-0.3, -0.25) is 0 Å². The molecular weight excluding hydrogens is 153 g/mol. The molecule has 0 unspecified atom stereocenters. The first-order valence-corrected chi connectivity index (χ1v) is 3.84. The molecule has 0 bridgehead atoms. The zero-order chi connectivity index (χ0) is 6.57. The predicted octanol–water partition coefficient (Wildman–Crippen LogP) is 1.35. The molecule has 0 aromatic rings. The van der Waals surface area contributed by atoms with E-state index in [0.29, 0.717) is 5.76 Å². The van der Waals surface area contributed by atoms with Crippen LogP contribution in [0.25, 0.3) is 0 Å². The summed E-state index contributed by atoms with van der Waals surface area (Å²) in [4.78, 5) is 0. The number of aliphatic hydroxyl groups is 1. The Bertz CT molecular complexity index is 135. The summed E-state index contributed by atoms with van der Waals surface area (Å²) >= 11 is 1.01. The second-order valence-electron chi connectivity index (χ2n) is 1.57. The van der Waals surface area contributed by atoms with Gasteiger partial charge in [-0.05, 0) is 0 Å². The molecule has 0 rings (SSSR count). The van der Waals surface area contributed by atoms with Gasteiger partial charge in [0.1, 0.15) is 0 Å². The minimum absolute atomic E-state index is 0.361. The Labute approximate surface area is 58.9 Å². The molecule has 0 atom stereocenters. The molecule has 0 aliphatic carbocycles. The van der Waals surface area contributed by atoms with E-state index in [-0.39, 0.29) is 0 Å². The van der Waals surface area contributed by atoms with E-state index in [1.807, 2.05) is 6.92 Å². The van der Waals surface area contributed by atoms with Gasteiger partial charge < -0.3 is 0 Å². The van der Waals surface area contributed by atoms with Gasteiger partial charge in [0.25, 0.3) is 0 Å². The Hall–Kier alpha value is -0.227. The third-order valence-corrected chi connectivity index (χ3v) is 1.47. The summed E-state index contributed by atoms with van der Waals surface area (Å²) in [6.07, 6.45) is 3.17. The van der Waals surface area contributed by atoms with E-state index in [2.05, 4.69) is 6.58 Å². The Morgan fingerprint density at radius 2 is 2.25 bits per heavy atom. The van der Waals surface area contributed by atoms with Crippen molar-refractivity contribution in [2.75, 3.05) is 0 Å². The molecule has 1 nitrogen and oxygen atoms in total. The van der Waals surface area contributed by atoms with Crippen LogP contribution in [0.4, 0.5) is 0 Å². The van der Waals surface area contributed by atoms with Crippen molar-refractivity contribution in [3.05, 3.63) is 24.5 Å². The van der Waals surface area contributed by atoms with Gasteiger partial charge in [-0.25, -0.2) is 0 Å². The van der Waals surface area contributed by atoms with Crippen molar-refractivity contribution >= 4 is 4.11 Å². The fourth-order valence-electron chi connectivity index (χ4n) is 0.254. The summed E-state index contributed by atoms with van der Waals surface area (Å²) in [6, 6.07) is 0. The first-order valence-electron chi connectivity index (χ1n) is 2.36. The fourth-order valence-corrected chi connectivity index (χ4v) is 0.501. The van der Waals surface area contributed by atoms with Gasteiger partial charge in [-0.1, -0.05) is 0 Å². The summed E-state index contributed by atoms with van der Waals surface area (Å²) in [7, 11) is 0. The molecule has 0 aromatic carbocycles. The molecule has 0 heterocycles. The normalized spacial score (nSPS) is 11.1. The number of allylic oxidation sites excluding steroid dienone is 3. The van der Waals surface area contributed by atoms with Gasteiger partial charge in [0, 0.05) is 0 Å². The van der Waals surface area contributed by atoms with Crippen LogP contribution in [-0.2, 0) is 17.9 Å². The number of hydrogen-bond acceptors (Lipinski definition) is 1. The van der Waals surface area contributed by atoms with Crippen molar-refractivity contribution in [1.82, 2.24) is 0 Å². The Kier molecular flexibility index (Phi) is 3.63. The quantitative estimate of drug-likeness (QED) is 0.368. The van der Waals surface area contributed by atoms with Crippen molar-refractivity contribution in [3.63, 3.8) is 0 Å². The molecule has 0 aromatic heterocycles. The van der Waals surface area contributed by atoms with E-state index in [4.69, 9.17) is 5.11 Å². The second-order valence-corrected chi connectivity index (χ2v) is 3.79. The van der Waals surface area contributed by atoms with Crippen LogP contribution in [0.1, 0.15) is 6.92 Å². The Morgan fingerprint density at radius 3 is 2.38 bits per heavy atom. The maximum absolute atomic E-state index is 8.91. The summed E-state index contributed by atoms with van der Waals surface area (Å²) in [6.45, 7) is 5.35. The SMILES string of the molecule is C=C/C=C(/O)[C](C)=[Zn]. The number of aliphatic hydroxyl groups excluding tert-OH is 1. The van der Waals surface area contributed by atoms with E-state index in [0.717, 1.165) is 22.0 Å². The van der Waals surface area contributed by atoms with Crippen molar-refractivity contribution < 1.29 is 23.0 Å². The van der Waals surface area contributed by atoms with E-state index in [1.54, 1.807) is 12.2 Å². The second kappa shape index (κ2) is 3.74. The Balaban J connectivity index is 3.99. The van der Waals surface area contributed by atoms with E-state index >= 15 is 0 Å². The molecule has 0 fully saturated rings. The topological polar surface area (TPSA) is 20.2 Å². The minimum atomic E-state index is 0.361. The standard InChI is InChI=1S/C6H8O.Zn/c1-3-5-6(7)4-2;/h3,5,7H,1H2,2H3;/b6-5+;. The van der Waals surface area contributed by atoms with E-state index < -0.39 is 0 Å². The van der Waals surface area contributed by atoms with Crippen LogP contribution in [0, 0.1) is 0 Å². The van der Waals surface area contributed by atoms with Crippen LogP contribution in [0.15, 0.2) is 24.5 Å². The van der Waals surface area contributed by atoms with Crippen LogP contribution < -0.4 is 0 Å². The van der Waals surface area contributed by atoms with Crippen LogP contribution in [0.2, 0.25) is 0 Å². The van der Waals surface area contributed by atoms with Crippen molar-refractivity contribution in [3.8, 4) is 0 Å². The first-order chi connectivity index (χ1) is 3.68. The molecule has 1 N–H and O–H groups in total. The van der Waals surface area contributed by atoms with Crippen LogP contribution in [-0.4, -0.2) is 9.21 Å². The van der Waals surface area contributed by atoms with Crippen LogP contribution in [0.5, 0.6) is 0 Å². The summed E-state index contributed by atoms with van der Waals surface area (Å²) in [5.41, 5.74) is 0. The molecule has 8 heavy (non-hydrogen) atoms. The zero-order valence-electron chi connectivity index (χ0n) is 5.02. The zero-order valence-corrected chi connectivity index (χ0v) is 7.98. The van der Waals surface area contributed by atoms with Gasteiger partial charge in [-0.2, -0.15) is 0 Å². The van der Waals surface area contributed by atoms with Crippen LogP contribution in [0.3, 0.4) is 0 Å². The Morgan fingerprint density at radius 1 is 1.75 bits per heavy atom. The molecule has 0 amide bonds. The monoisotopic (exact) mass is 160 g/mol. The fraction of sp³-hybridized carbons (Fsp3) is 0.167. The molecule has 2 heteroatoms. The van der Waals surface area contributed by atoms with Gasteiger partial charge in [0.15, 0.2) is 0 Å². The van der Waals surface area contributed by atoms with Crippen molar-refractivity contribution in [1.29, 1.82) is 0 Å². The van der Waals surface area contributed by atoms with E-state index in [9.17, 15) is 0 Å². The van der Waals surface area contributed by atoms with Gasteiger partial charge in [0.05, 0.1) is 0 Å². The van der Waals surface area contributed by atoms with Gasteiger partial charge in [0.2, 0.25) is 0 Å². The molecule has 0 saturated carbocycles. The molecule has 0 spiro atoms. The van der Waals surface area contributed by atoms with Gasteiger partial charge >= 0.3 is 58.5 Å². The molecule has 0 radical (unpaired) electrons. The third kappa shape index (κ3) is 2.87. The number of hydrogen-bond donors (Lipinski definition) is 1. The predicted molar refractivity (Wildman–Crippen MR) is 31.6 cm³/mol. The molecule has 0 aliphatic heterocycles. The molecule has 40 valence electrons.